The maximum Gasteiger partial charge on any atom is 0.231 e. The monoisotopic (exact) mass is 310 g/mol. The van der Waals surface area contributed by atoms with Crippen molar-refractivity contribution in [2.45, 2.75) is 19.8 Å². The molecule has 1 unspecified atom stereocenters. The van der Waals surface area contributed by atoms with Crippen molar-refractivity contribution in [3.8, 4) is 11.4 Å². The first-order chi connectivity index (χ1) is 8.70. The summed E-state index contributed by atoms with van der Waals surface area (Å²) in [6.07, 6.45) is 3.44. The molecule has 5 nitrogen and oxygen atoms in total. The first-order valence-electron chi connectivity index (χ1n) is 5.86. The molecule has 0 fully saturated rings. The molecule has 0 aliphatic carbocycles. The van der Waals surface area contributed by atoms with Crippen LogP contribution in [0.5, 0.6) is 0 Å². The lowest BCUT2D eigenvalue weighted by Crippen LogP contribution is -2.19. The van der Waals surface area contributed by atoms with Gasteiger partial charge < -0.3 is 9.84 Å². The lowest BCUT2D eigenvalue weighted by atomic mass is 10.2. The van der Waals surface area contributed by atoms with E-state index in [2.05, 4.69) is 50.2 Å². The molecule has 0 aliphatic rings. The molecule has 1 atom stereocenters. The molecule has 0 radical (unpaired) electrons. The standard InChI is InChI=1S/C12H15BrN4O/c1-3-14-5-8(2)12-16-11(17-18-12)9-4-10(13)7-15-6-9/h4,6-8,14H,3,5H2,1-2H3. The highest BCUT2D eigenvalue weighted by molar-refractivity contribution is 9.10. The quantitative estimate of drug-likeness (QED) is 0.919. The second-order valence-corrected chi connectivity index (χ2v) is 4.97. The van der Waals surface area contributed by atoms with Gasteiger partial charge in [-0.3, -0.25) is 4.98 Å². The van der Waals surface area contributed by atoms with Crippen molar-refractivity contribution in [1.29, 1.82) is 0 Å². The van der Waals surface area contributed by atoms with Crippen molar-refractivity contribution >= 4 is 15.9 Å². The maximum absolute atomic E-state index is 5.27. The third-order valence-corrected chi connectivity index (χ3v) is 2.96. The fraction of sp³-hybridized carbons (Fsp3) is 0.417. The predicted molar refractivity (Wildman–Crippen MR) is 72.2 cm³/mol. The summed E-state index contributed by atoms with van der Waals surface area (Å²) in [7, 11) is 0. The Hall–Kier alpha value is -1.27. The van der Waals surface area contributed by atoms with Crippen LogP contribution in [0.3, 0.4) is 0 Å². The molecule has 6 heteroatoms. The number of hydrogen-bond acceptors (Lipinski definition) is 5. The summed E-state index contributed by atoms with van der Waals surface area (Å²) in [5.41, 5.74) is 0.843. The zero-order valence-corrected chi connectivity index (χ0v) is 11.9. The first-order valence-corrected chi connectivity index (χ1v) is 6.65. The molecule has 2 aromatic heterocycles. The van der Waals surface area contributed by atoms with Gasteiger partial charge in [-0.05, 0) is 28.5 Å². The first kappa shape index (κ1) is 13.2. The van der Waals surface area contributed by atoms with Crippen LogP contribution in [0.4, 0.5) is 0 Å². The molecule has 0 spiro atoms. The van der Waals surface area contributed by atoms with Gasteiger partial charge in [-0.15, -0.1) is 0 Å². The van der Waals surface area contributed by atoms with Gasteiger partial charge in [0.1, 0.15) is 0 Å². The summed E-state index contributed by atoms with van der Waals surface area (Å²) in [5.74, 6) is 1.42. The lowest BCUT2D eigenvalue weighted by Gasteiger charge is -2.05. The van der Waals surface area contributed by atoms with Crippen LogP contribution in [-0.2, 0) is 0 Å². The van der Waals surface area contributed by atoms with Gasteiger partial charge in [0.15, 0.2) is 0 Å². The Bertz CT molecular complexity index is 514. The second kappa shape index (κ2) is 6.06. The topological polar surface area (TPSA) is 63.8 Å². The Kier molecular flexibility index (Phi) is 4.43. The lowest BCUT2D eigenvalue weighted by molar-refractivity contribution is 0.355. The molecule has 0 saturated carbocycles. The minimum atomic E-state index is 0.200. The van der Waals surface area contributed by atoms with Crippen LogP contribution < -0.4 is 5.32 Å². The Balaban J connectivity index is 2.15. The van der Waals surface area contributed by atoms with Gasteiger partial charge in [0, 0.05) is 34.9 Å². The third kappa shape index (κ3) is 3.14. The highest BCUT2D eigenvalue weighted by Gasteiger charge is 2.15. The van der Waals surface area contributed by atoms with E-state index in [1.807, 2.05) is 6.07 Å². The average molecular weight is 311 g/mol. The fourth-order valence-corrected chi connectivity index (χ4v) is 1.90. The van der Waals surface area contributed by atoms with Gasteiger partial charge in [0.25, 0.3) is 0 Å². The van der Waals surface area contributed by atoms with E-state index in [1.54, 1.807) is 12.4 Å². The van der Waals surface area contributed by atoms with E-state index in [-0.39, 0.29) is 5.92 Å². The van der Waals surface area contributed by atoms with Gasteiger partial charge in [-0.2, -0.15) is 4.98 Å². The van der Waals surface area contributed by atoms with Crippen molar-refractivity contribution in [3.05, 3.63) is 28.8 Å². The number of aromatic nitrogens is 3. The third-order valence-electron chi connectivity index (χ3n) is 2.53. The Labute approximate surface area is 114 Å². The van der Waals surface area contributed by atoms with Crippen molar-refractivity contribution < 1.29 is 4.52 Å². The normalized spacial score (nSPS) is 12.6. The summed E-state index contributed by atoms with van der Waals surface area (Å²) in [4.78, 5) is 8.48. The average Bonchev–Trinajstić information content (AvgIpc) is 2.85. The van der Waals surface area contributed by atoms with E-state index in [1.165, 1.54) is 0 Å². The minimum absolute atomic E-state index is 0.200. The number of likely N-dealkylation sites (N-methyl/N-ethyl adjacent to an activating group) is 1. The van der Waals surface area contributed by atoms with Crippen LogP contribution in [0.25, 0.3) is 11.4 Å². The van der Waals surface area contributed by atoms with Crippen LogP contribution in [0.15, 0.2) is 27.5 Å². The van der Waals surface area contributed by atoms with Crippen molar-refractivity contribution in [1.82, 2.24) is 20.4 Å². The maximum atomic E-state index is 5.27. The summed E-state index contributed by atoms with van der Waals surface area (Å²) in [6.45, 7) is 5.88. The van der Waals surface area contributed by atoms with Gasteiger partial charge in [0.2, 0.25) is 11.7 Å². The van der Waals surface area contributed by atoms with Crippen LogP contribution in [0, 0.1) is 0 Å². The zero-order valence-electron chi connectivity index (χ0n) is 10.4. The fourth-order valence-electron chi connectivity index (χ4n) is 1.53. The molecule has 2 aromatic rings. The molecule has 0 saturated heterocycles. The minimum Gasteiger partial charge on any atom is -0.339 e. The number of nitrogens with one attached hydrogen (secondary N) is 1. The van der Waals surface area contributed by atoms with E-state index in [0.717, 1.165) is 23.1 Å². The molecule has 0 aliphatic heterocycles. The van der Waals surface area contributed by atoms with Gasteiger partial charge in [0.05, 0.1) is 0 Å². The van der Waals surface area contributed by atoms with Crippen molar-refractivity contribution in [3.63, 3.8) is 0 Å². The summed E-state index contributed by atoms with van der Waals surface area (Å²) in [6, 6.07) is 1.91. The number of hydrogen-bond donors (Lipinski definition) is 1. The zero-order chi connectivity index (χ0) is 13.0. The molecule has 2 heterocycles. The molecule has 0 bridgehead atoms. The highest BCUT2D eigenvalue weighted by Crippen LogP contribution is 2.21. The van der Waals surface area contributed by atoms with E-state index in [0.29, 0.717) is 11.7 Å². The molecular formula is C12H15BrN4O. The van der Waals surface area contributed by atoms with Crippen LogP contribution in [0.1, 0.15) is 25.7 Å². The van der Waals surface area contributed by atoms with Gasteiger partial charge in [-0.25, -0.2) is 0 Å². The molecule has 18 heavy (non-hydrogen) atoms. The van der Waals surface area contributed by atoms with E-state index < -0.39 is 0 Å². The Morgan fingerprint density at radius 3 is 3.00 bits per heavy atom. The Morgan fingerprint density at radius 1 is 1.44 bits per heavy atom. The number of pyridine rings is 1. The second-order valence-electron chi connectivity index (χ2n) is 4.06. The SMILES string of the molecule is CCNCC(C)c1nc(-c2cncc(Br)c2)no1. The number of rotatable bonds is 5. The molecule has 1 N–H and O–H groups in total. The van der Waals surface area contributed by atoms with Crippen LogP contribution in [0.2, 0.25) is 0 Å². The summed E-state index contributed by atoms with van der Waals surface area (Å²) in [5, 5.41) is 7.24. The Morgan fingerprint density at radius 2 is 2.28 bits per heavy atom. The molecule has 96 valence electrons. The van der Waals surface area contributed by atoms with Gasteiger partial charge >= 0.3 is 0 Å². The van der Waals surface area contributed by atoms with E-state index >= 15 is 0 Å². The van der Waals surface area contributed by atoms with Crippen LogP contribution in [-0.4, -0.2) is 28.2 Å². The van der Waals surface area contributed by atoms with Crippen molar-refractivity contribution in [2.75, 3.05) is 13.1 Å². The van der Waals surface area contributed by atoms with Gasteiger partial charge in [-0.1, -0.05) is 19.0 Å². The molecule has 2 rings (SSSR count). The number of halogens is 1. The largest absolute Gasteiger partial charge is 0.339 e. The smallest absolute Gasteiger partial charge is 0.231 e. The number of nitrogens with zero attached hydrogens (tertiary/aromatic N) is 3. The highest BCUT2D eigenvalue weighted by atomic mass is 79.9. The van der Waals surface area contributed by atoms with E-state index in [4.69, 9.17) is 4.52 Å². The molecular weight excluding hydrogens is 296 g/mol. The summed E-state index contributed by atoms with van der Waals surface area (Å²) < 4.78 is 6.17. The van der Waals surface area contributed by atoms with E-state index in [9.17, 15) is 0 Å². The molecule has 0 aromatic carbocycles. The van der Waals surface area contributed by atoms with Crippen LogP contribution >= 0.6 is 15.9 Å². The predicted octanol–water partition coefficient (Wildman–Crippen LogP) is 2.61. The summed E-state index contributed by atoms with van der Waals surface area (Å²) >= 11 is 3.37. The van der Waals surface area contributed by atoms with Crippen molar-refractivity contribution in [2.24, 2.45) is 0 Å². The molecule has 0 amide bonds.